The number of aliphatic hydroxyl groups excluding tert-OH is 1. The molecule has 3 heterocycles. The van der Waals surface area contributed by atoms with Crippen LogP contribution in [0.1, 0.15) is 52.9 Å². The maximum atomic E-state index is 13.7. The zero-order chi connectivity index (χ0) is 28.1. The highest BCUT2D eigenvalue weighted by Crippen LogP contribution is 2.35. The highest BCUT2D eigenvalue weighted by molar-refractivity contribution is 6.33. The fraction of sp³-hybridized carbons (Fsp3) is 0.464. The van der Waals surface area contributed by atoms with Gasteiger partial charge in [-0.15, -0.1) is 0 Å². The lowest BCUT2D eigenvalue weighted by Gasteiger charge is -2.31. The number of β-amino-alcohol motifs (C(OH)–C–C–N with tert-alkyl or cyclic N) is 1. The van der Waals surface area contributed by atoms with Crippen molar-refractivity contribution in [3.05, 3.63) is 70.5 Å². The van der Waals surface area contributed by atoms with Crippen molar-refractivity contribution in [1.29, 1.82) is 0 Å². The molecular formula is C28H32ClF2N5O4. The molecule has 9 nitrogen and oxygen atoms in total. The number of aromatic nitrogens is 2. The van der Waals surface area contributed by atoms with Crippen molar-refractivity contribution in [1.82, 2.24) is 20.2 Å². The Balaban J connectivity index is 1.09. The molecule has 1 aliphatic heterocycles. The predicted octanol–water partition coefficient (Wildman–Crippen LogP) is 4.44. The minimum Gasteiger partial charge on any atom is -0.484 e. The quantitative estimate of drug-likeness (QED) is 0.325. The van der Waals surface area contributed by atoms with Crippen LogP contribution in [0.5, 0.6) is 5.75 Å². The fourth-order valence-corrected chi connectivity index (χ4v) is 5.54. The molecule has 12 heteroatoms. The highest BCUT2D eigenvalue weighted by atomic mass is 35.5. The molecule has 2 atom stereocenters. The minimum absolute atomic E-state index is 0.0668. The Kier molecular flexibility index (Phi) is 8.82. The van der Waals surface area contributed by atoms with Crippen LogP contribution < -0.4 is 15.4 Å². The van der Waals surface area contributed by atoms with Crippen LogP contribution in [-0.2, 0) is 19.6 Å². The van der Waals surface area contributed by atoms with Gasteiger partial charge in [-0.25, -0.2) is 18.7 Å². The van der Waals surface area contributed by atoms with Crippen LogP contribution in [0.2, 0.25) is 5.02 Å². The molecule has 1 aliphatic carbocycles. The number of anilines is 1. The zero-order valence-corrected chi connectivity index (χ0v) is 22.7. The SMILES string of the molecule is O=C(NCC(O)CN1CCc2c(ccc(OCc3cnco3)c2Cl)C1)c1ccnc(NC2CCCC(F)(F)C2)c1. The van der Waals surface area contributed by atoms with Gasteiger partial charge in [-0.05, 0) is 48.6 Å². The Bertz CT molecular complexity index is 1310. The Morgan fingerprint density at radius 2 is 2.23 bits per heavy atom. The number of hydrogen-bond donors (Lipinski definition) is 3. The van der Waals surface area contributed by atoms with Gasteiger partial charge in [0.2, 0.25) is 5.92 Å². The molecule has 3 N–H and O–H groups in total. The summed E-state index contributed by atoms with van der Waals surface area (Å²) < 4.78 is 38.4. The van der Waals surface area contributed by atoms with Gasteiger partial charge in [-0.2, -0.15) is 0 Å². The van der Waals surface area contributed by atoms with E-state index in [0.717, 1.165) is 11.1 Å². The summed E-state index contributed by atoms with van der Waals surface area (Å²) in [5.41, 5.74) is 2.43. The number of oxazole rings is 1. The van der Waals surface area contributed by atoms with Crippen molar-refractivity contribution in [3.63, 3.8) is 0 Å². The van der Waals surface area contributed by atoms with Crippen LogP contribution >= 0.6 is 11.6 Å². The molecule has 0 bridgehead atoms. The number of ether oxygens (including phenoxy) is 1. The first-order valence-corrected chi connectivity index (χ1v) is 13.7. The largest absolute Gasteiger partial charge is 0.484 e. The summed E-state index contributed by atoms with van der Waals surface area (Å²) in [5, 5.41) is 17.0. The molecule has 1 fully saturated rings. The van der Waals surface area contributed by atoms with Gasteiger partial charge in [0.05, 0.1) is 17.3 Å². The maximum Gasteiger partial charge on any atom is 0.251 e. The molecule has 1 aromatic carbocycles. The number of halogens is 3. The molecule has 3 aromatic rings. The Labute approximate surface area is 235 Å². The van der Waals surface area contributed by atoms with Crippen molar-refractivity contribution in [3.8, 4) is 5.75 Å². The molecule has 1 amide bonds. The second-order valence-corrected chi connectivity index (χ2v) is 10.7. The van der Waals surface area contributed by atoms with Crippen molar-refractivity contribution < 1.29 is 27.8 Å². The van der Waals surface area contributed by atoms with Gasteiger partial charge >= 0.3 is 0 Å². The number of carbonyl (C=O) groups excluding carboxylic acids is 1. The number of hydrogen-bond acceptors (Lipinski definition) is 8. The number of aliphatic hydroxyl groups is 1. The topological polar surface area (TPSA) is 113 Å². The van der Waals surface area contributed by atoms with Crippen LogP contribution in [0.25, 0.3) is 0 Å². The van der Waals surface area contributed by atoms with E-state index in [2.05, 4.69) is 25.5 Å². The third-order valence-corrected chi connectivity index (χ3v) is 7.63. The van der Waals surface area contributed by atoms with E-state index >= 15 is 0 Å². The summed E-state index contributed by atoms with van der Waals surface area (Å²) in [6, 6.07) is 6.51. The van der Waals surface area contributed by atoms with Gasteiger partial charge < -0.3 is 24.9 Å². The van der Waals surface area contributed by atoms with Crippen molar-refractivity contribution in [2.75, 3.05) is 25.0 Å². The van der Waals surface area contributed by atoms with Crippen LogP contribution in [0.15, 0.2) is 47.5 Å². The summed E-state index contributed by atoms with van der Waals surface area (Å²) in [5.74, 6) is -1.48. The van der Waals surface area contributed by atoms with Gasteiger partial charge in [0.15, 0.2) is 12.2 Å². The lowest BCUT2D eigenvalue weighted by molar-refractivity contribution is -0.0373. The Morgan fingerprint density at radius 3 is 3.02 bits per heavy atom. The first-order valence-electron chi connectivity index (χ1n) is 13.4. The van der Waals surface area contributed by atoms with Gasteiger partial charge in [0, 0.05) is 56.8 Å². The number of rotatable bonds is 10. The summed E-state index contributed by atoms with van der Waals surface area (Å²) in [4.78, 5) is 22.9. The lowest BCUT2D eigenvalue weighted by Crippen LogP contribution is -2.42. The summed E-state index contributed by atoms with van der Waals surface area (Å²) in [7, 11) is 0. The van der Waals surface area contributed by atoms with Crippen molar-refractivity contribution in [2.24, 2.45) is 0 Å². The third kappa shape index (κ3) is 7.26. The predicted molar refractivity (Wildman–Crippen MR) is 145 cm³/mol. The number of amides is 1. The number of benzene rings is 1. The lowest BCUT2D eigenvalue weighted by atomic mass is 9.92. The second-order valence-electron chi connectivity index (χ2n) is 10.3. The summed E-state index contributed by atoms with van der Waals surface area (Å²) >= 11 is 6.61. The molecule has 0 radical (unpaired) electrons. The number of pyridine rings is 1. The molecule has 2 aliphatic rings. The molecule has 5 rings (SSSR count). The molecule has 40 heavy (non-hydrogen) atoms. The number of carbonyl (C=O) groups is 1. The van der Waals surface area contributed by atoms with Gasteiger partial charge in [-0.3, -0.25) is 9.69 Å². The molecular weight excluding hydrogens is 544 g/mol. The van der Waals surface area contributed by atoms with E-state index in [4.69, 9.17) is 20.8 Å². The number of nitrogens with one attached hydrogen (secondary N) is 2. The molecule has 1 saturated carbocycles. The van der Waals surface area contributed by atoms with E-state index in [-0.39, 0.29) is 37.9 Å². The Morgan fingerprint density at radius 1 is 1.35 bits per heavy atom. The molecule has 2 unspecified atom stereocenters. The van der Waals surface area contributed by atoms with Crippen molar-refractivity contribution >= 4 is 23.3 Å². The standard InChI is InChI=1S/C28H32ClF2N5O4/c29-26-23-6-9-36(14-19(23)3-4-24(26)39-16-22-13-32-17-40-22)15-21(37)12-34-27(38)18-5-8-33-25(10-18)35-20-2-1-7-28(30,31)11-20/h3-5,8,10,13,17,20-21,37H,1-2,6-7,9,11-12,14-16H2,(H,33,35)(H,34,38). The monoisotopic (exact) mass is 575 g/mol. The van der Waals surface area contributed by atoms with E-state index in [0.29, 0.717) is 66.8 Å². The smallest absolute Gasteiger partial charge is 0.251 e. The van der Waals surface area contributed by atoms with Crippen LogP contribution in [0, 0.1) is 0 Å². The first kappa shape index (κ1) is 28.3. The van der Waals surface area contributed by atoms with E-state index in [9.17, 15) is 18.7 Å². The van der Waals surface area contributed by atoms with Gasteiger partial charge in [-0.1, -0.05) is 17.7 Å². The van der Waals surface area contributed by atoms with Crippen molar-refractivity contribution in [2.45, 2.75) is 63.3 Å². The molecule has 0 saturated heterocycles. The highest BCUT2D eigenvalue weighted by Gasteiger charge is 2.36. The maximum absolute atomic E-state index is 13.7. The van der Waals surface area contributed by atoms with Crippen LogP contribution in [0.3, 0.4) is 0 Å². The Hall–Kier alpha value is -3.28. The van der Waals surface area contributed by atoms with E-state index < -0.39 is 12.0 Å². The van der Waals surface area contributed by atoms with Gasteiger partial charge in [0.1, 0.15) is 18.2 Å². The number of alkyl halides is 2. The summed E-state index contributed by atoms with van der Waals surface area (Å²) in [6.07, 6.45) is 5.06. The average Bonchev–Trinajstić information content (AvgIpc) is 3.45. The second kappa shape index (κ2) is 12.5. The average molecular weight is 576 g/mol. The third-order valence-electron chi connectivity index (χ3n) is 7.21. The summed E-state index contributed by atoms with van der Waals surface area (Å²) in [6.45, 7) is 1.99. The van der Waals surface area contributed by atoms with E-state index in [1.807, 2.05) is 12.1 Å². The zero-order valence-electron chi connectivity index (χ0n) is 21.9. The number of fused-ring (bicyclic) bond motifs is 1. The van der Waals surface area contributed by atoms with Crippen LogP contribution in [-0.4, -0.2) is 63.6 Å². The normalized spacial score (nSPS) is 19.4. The molecule has 2 aromatic heterocycles. The minimum atomic E-state index is -2.68. The molecule has 0 spiro atoms. The first-order chi connectivity index (χ1) is 19.3. The fourth-order valence-electron chi connectivity index (χ4n) is 5.21. The van der Waals surface area contributed by atoms with Crippen LogP contribution in [0.4, 0.5) is 14.6 Å². The van der Waals surface area contributed by atoms with E-state index in [1.165, 1.54) is 12.6 Å². The molecule has 214 valence electrons. The number of nitrogens with zero attached hydrogens (tertiary/aromatic N) is 3. The van der Waals surface area contributed by atoms with Gasteiger partial charge in [0.25, 0.3) is 5.91 Å². The van der Waals surface area contributed by atoms with E-state index in [1.54, 1.807) is 18.3 Å².